The van der Waals surface area contributed by atoms with E-state index in [0.29, 0.717) is 25.3 Å². The van der Waals surface area contributed by atoms with Crippen molar-refractivity contribution in [1.29, 1.82) is 0 Å². The zero-order valence-electron chi connectivity index (χ0n) is 10.8. The molecule has 0 aliphatic heterocycles. The Labute approximate surface area is 117 Å². The molecule has 0 bridgehead atoms. The Bertz CT molecular complexity index is 544. The third-order valence-corrected chi connectivity index (χ3v) is 3.95. The van der Waals surface area contributed by atoms with E-state index in [1.165, 1.54) is 18.2 Å². The normalized spacial score (nSPS) is 11.3. The monoisotopic (exact) mass is 305 g/mol. The lowest BCUT2D eigenvalue weighted by atomic mass is 10.2. The molecule has 0 saturated carbocycles. The summed E-state index contributed by atoms with van der Waals surface area (Å²) in [6.07, 6.45) is 0. The van der Waals surface area contributed by atoms with Crippen molar-refractivity contribution in [3.05, 3.63) is 29.8 Å². The van der Waals surface area contributed by atoms with Crippen molar-refractivity contribution in [3.63, 3.8) is 0 Å². The molecule has 106 valence electrons. The predicted molar refractivity (Wildman–Crippen MR) is 72.9 cm³/mol. The molecule has 1 amide bonds. The predicted octanol–water partition coefficient (Wildman–Crippen LogP) is 1.72. The van der Waals surface area contributed by atoms with Gasteiger partial charge in [-0.2, -0.15) is 0 Å². The Morgan fingerprint density at radius 2 is 2.11 bits per heavy atom. The zero-order valence-corrected chi connectivity index (χ0v) is 12.4. The van der Waals surface area contributed by atoms with Crippen LogP contribution >= 0.6 is 10.7 Å². The Balaban J connectivity index is 2.99. The Morgan fingerprint density at radius 1 is 1.42 bits per heavy atom. The molecule has 0 unspecified atom stereocenters. The van der Waals surface area contributed by atoms with E-state index in [1.807, 2.05) is 6.92 Å². The summed E-state index contributed by atoms with van der Waals surface area (Å²) in [4.78, 5) is 13.7. The molecule has 0 aliphatic carbocycles. The summed E-state index contributed by atoms with van der Waals surface area (Å²) >= 11 is 0. The number of amides is 1. The van der Waals surface area contributed by atoms with Crippen molar-refractivity contribution >= 4 is 25.6 Å². The standard InChI is InChI=1S/C12H16ClNO4S/c1-3-14(7-8-18-2)12(15)10-5-4-6-11(9-10)19(13,16)17/h4-6,9H,3,7-8H2,1-2H3. The molecule has 5 nitrogen and oxygen atoms in total. The van der Waals surface area contributed by atoms with Crippen LogP contribution in [0.15, 0.2) is 29.2 Å². The lowest BCUT2D eigenvalue weighted by molar-refractivity contribution is 0.0706. The summed E-state index contributed by atoms with van der Waals surface area (Å²) in [5.41, 5.74) is 0.291. The van der Waals surface area contributed by atoms with Crippen molar-refractivity contribution < 1.29 is 17.9 Å². The Kier molecular flexibility index (Phi) is 5.78. The first kappa shape index (κ1) is 15.9. The number of hydrogen-bond acceptors (Lipinski definition) is 4. The average Bonchev–Trinajstić information content (AvgIpc) is 2.38. The second kappa shape index (κ2) is 6.88. The molecule has 1 aromatic carbocycles. The molecule has 0 aromatic heterocycles. The molecule has 0 fully saturated rings. The van der Waals surface area contributed by atoms with Crippen LogP contribution < -0.4 is 0 Å². The van der Waals surface area contributed by atoms with Crippen molar-refractivity contribution in [2.75, 3.05) is 26.8 Å². The Hall–Kier alpha value is -1.11. The van der Waals surface area contributed by atoms with E-state index in [9.17, 15) is 13.2 Å². The molecule has 0 spiro atoms. The molecule has 0 radical (unpaired) electrons. The first-order valence-electron chi connectivity index (χ1n) is 5.73. The maximum Gasteiger partial charge on any atom is 0.261 e. The minimum atomic E-state index is -3.83. The van der Waals surface area contributed by atoms with E-state index in [1.54, 1.807) is 18.1 Å². The zero-order chi connectivity index (χ0) is 14.5. The van der Waals surface area contributed by atoms with E-state index in [-0.39, 0.29) is 10.8 Å². The number of benzene rings is 1. The smallest absolute Gasteiger partial charge is 0.261 e. The van der Waals surface area contributed by atoms with Gasteiger partial charge in [-0.05, 0) is 25.1 Å². The van der Waals surface area contributed by atoms with Crippen molar-refractivity contribution in [1.82, 2.24) is 4.90 Å². The van der Waals surface area contributed by atoms with Crippen LogP contribution in [0.2, 0.25) is 0 Å². The van der Waals surface area contributed by atoms with Gasteiger partial charge in [0, 0.05) is 36.4 Å². The van der Waals surface area contributed by atoms with Gasteiger partial charge in [0.25, 0.3) is 15.0 Å². The summed E-state index contributed by atoms with van der Waals surface area (Å²) in [5.74, 6) is -0.248. The van der Waals surface area contributed by atoms with Gasteiger partial charge in [-0.1, -0.05) is 6.07 Å². The summed E-state index contributed by atoms with van der Waals surface area (Å²) < 4.78 is 27.4. The molecule has 19 heavy (non-hydrogen) atoms. The maximum absolute atomic E-state index is 12.2. The Morgan fingerprint density at radius 3 is 2.63 bits per heavy atom. The summed E-state index contributed by atoms with van der Waals surface area (Å²) in [7, 11) is 2.98. The van der Waals surface area contributed by atoms with Crippen molar-refractivity contribution in [3.8, 4) is 0 Å². The molecule has 0 atom stereocenters. The fourth-order valence-electron chi connectivity index (χ4n) is 1.57. The first-order chi connectivity index (χ1) is 8.90. The maximum atomic E-state index is 12.2. The molecular formula is C12H16ClNO4S. The fraction of sp³-hybridized carbons (Fsp3) is 0.417. The first-order valence-corrected chi connectivity index (χ1v) is 8.04. The van der Waals surface area contributed by atoms with E-state index in [4.69, 9.17) is 15.4 Å². The molecule has 1 rings (SSSR count). The van der Waals surface area contributed by atoms with Crippen LogP contribution in [-0.4, -0.2) is 46.0 Å². The van der Waals surface area contributed by atoms with Crippen LogP contribution in [0.5, 0.6) is 0 Å². The van der Waals surface area contributed by atoms with E-state index >= 15 is 0 Å². The summed E-state index contributed by atoms with van der Waals surface area (Å²) in [6.45, 7) is 3.23. The highest BCUT2D eigenvalue weighted by atomic mass is 35.7. The van der Waals surface area contributed by atoms with Crippen molar-refractivity contribution in [2.45, 2.75) is 11.8 Å². The van der Waals surface area contributed by atoms with Gasteiger partial charge in [0.15, 0.2) is 0 Å². The summed E-state index contributed by atoms with van der Waals surface area (Å²) in [5, 5.41) is 0. The molecule has 0 heterocycles. The minimum Gasteiger partial charge on any atom is -0.383 e. The van der Waals surface area contributed by atoms with E-state index in [0.717, 1.165) is 0 Å². The summed E-state index contributed by atoms with van der Waals surface area (Å²) in [6, 6.07) is 5.68. The largest absolute Gasteiger partial charge is 0.383 e. The molecule has 0 N–H and O–H groups in total. The molecule has 0 aliphatic rings. The number of rotatable bonds is 6. The van der Waals surface area contributed by atoms with Gasteiger partial charge in [-0.3, -0.25) is 4.79 Å². The highest BCUT2D eigenvalue weighted by Crippen LogP contribution is 2.17. The SMILES string of the molecule is CCN(CCOC)C(=O)c1cccc(S(=O)(=O)Cl)c1. The number of halogens is 1. The molecular weight excluding hydrogens is 290 g/mol. The van der Waals surface area contributed by atoms with Gasteiger partial charge < -0.3 is 9.64 Å². The van der Waals surface area contributed by atoms with Gasteiger partial charge in [-0.25, -0.2) is 8.42 Å². The number of likely N-dealkylation sites (N-methyl/N-ethyl adjacent to an activating group) is 1. The van der Waals surface area contributed by atoms with E-state index in [2.05, 4.69) is 0 Å². The van der Waals surface area contributed by atoms with Gasteiger partial charge in [0.2, 0.25) is 0 Å². The number of carbonyl (C=O) groups is 1. The van der Waals surface area contributed by atoms with Crippen LogP contribution in [0.1, 0.15) is 17.3 Å². The third kappa shape index (κ3) is 4.49. The number of hydrogen-bond donors (Lipinski definition) is 0. The number of nitrogens with zero attached hydrogens (tertiary/aromatic N) is 1. The topological polar surface area (TPSA) is 63.7 Å². The van der Waals surface area contributed by atoms with E-state index < -0.39 is 9.05 Å². The fourth-order valence-corrected chi connectivity index (χ4v) is 2.36. The van der Waals surface area contributed by atoms with Gasteiger partial charge in [0.1, 0.15) is 0 Å². The number of carbonyl (C=O) groups excluding carboxylic acids is 1. The second-order valence-electron chi connectivity index (χ2n) is 3.84. The van der Waals surface area contributed by atoms with Gasteiger partial charge in [0.05, 0.1) is 11.5 Å². The molecule has 1 aromatic rings. The minimum absolute atomic E-state index is 0.0807. The lowest BCUT2D eigenvalue weighted by Gasteiger charge is -2.20. The quantitative estimate of drug-likeness (QED) is 0.751. The second-order valence-corrected chi connectivity index (χ2v) is 6.41. The lowest BCUT2D eigenvalue weighted by Crippen LogP contribution is -2.33. The highest BCUT2D eigenvalue weighted by Gasteiger charge is 2.17. The average molecular weight is 306 g/mol. The van der Waals surface area contributed by atoms with Gasteiger partial charge in [-0.15, -0.1) is 0 Å². The van der Waals surface area contributed by atoms with Crippen LogP contribution in [-0.2, 0) is 13.8 Å². The molecule has 0 saturated heterocycles. The van der Waals surface area contributed by atoms with Gasteiger partial charge >= 0.3 is 0 Å². The van der Waals surface area contributed by atoms with Crippen LogP contribution in [0.25, 0.3) is 0 Å². The third-order valence-electron chi connectivity index (χ3n) is 2.60. The number of ether oxygens (including phenoxy) is 1. The van der Waals surface area contributed by atoms with Crippen molar-refractivity contribution in [2.24, 2.45) is 0 Å². The highest BCUT2D eigenvalue weighted by molar-refractivity contribution is 8.13. The number of methoxy groups -OCH3 is 1. The molecule has 7 heteroatoms. The van der Waals surface area contributed by atoms with Crippen LogP contribution in [0.3, 0.4) is 0 Å². The van der Waals surface area contributed by atoms with Crippen LogP contribution in [0, 0.1) is 0 Å². The van der Waals surface area contributed by atoms with Crippen LogP contribution in [0.4, 0.5) is 0 Å².